The third kappa shape index (κ3) is 7.13. The van der Waals surface area contributed by atoms with Gasteiger partial charge < -0.3 is 9.47 Å². The van der Waals surface area contributed by atoms with Crippen LogP contribution in [0.2, 0.25) is 0 Å². The summed E-state index contributed by atoms with van der Waals surface area (Å²) < 4.78 is 12.5. The van der Waals surface area contributed by atoms with Gasteiger partial charge in [-0.2, -0.15) is 0 Å². The molecular formula is C42H34N4O2S4. The SMILES string of the molecule is CCOc1c(Sc2c(SCCSc3cnc4ccccc4c3Sc3cnc4ccccc4c3OCC)cnc3ccccc23)cnc2ccccc12. The summed E-state index contributed by atoms with van der Waals surface area (Å²) in [5.41, 5.74) is 3.78. The summed E-state index contributed by atoms with van der Waals surface area (Å²) in [6, 6.07) is 33.0. The van der Waals surface area contributed by atoms with Crippen LogP contribution in [0.1, 0.15) is 13.8 Å². The van der Waals surface area contributed by atoms with E-state index in [1.54, 1.807) is 23.5 Å². The Morgan fingerprint density at radius 1 is 0.423 bits per heavy atom. The Hall–Kier alpha value is -4.48. The molecule has 0 amide bonds. The van der Waals surface area contributed by atoms with Gasteiger partial charge >= 0.3 is 0 Å². The molecule has 0 spiro atoms. The molecule has 6 nitrogen and oxygen atoms in total. The number of benzene rings is 4. The van der Waals surface area contributed by atoms with Crippen LogP contribution in [0.4, 0.5) is 0 Å². The number of fused-ring (bicyclic) bond motifs is 4. The number of para-hydroxylation sites is 4. The van der Waals surface area contributed by atoms with E-state index in [4.69, 9.17) is 29.4 Å². The number of rotatable bonds is 13. The van der Waals surface area contributed by atoms with E-state index < -0.39 is 0 Å². The summed E-state index contributed by atoms with van der Waals surface area (Å²) in [6.45, 7) is 5.20. The Labute approximate surface area is 319 Å². The Balaban J connectivity index is 1.08. The van der Waals surface area contributed by atoms with Crippen molar-refractivity contribution in [1.29, 1.82) is 0 Å². The van der Waals surface area contributed by atoms with E-state index in [1.807, 2.05) is 111 Å². The lowest BCUT2D eigenvalue weighted by Gasteiger charge is -2.16. The van der Waals surface area contributed by atoms with Crippen LogP contribution in [0.5, 0.6) is 11.5 Å². The summed E-state index contributed by atoms with van der Waals surface area (Å²) in [5.74, 6) is 3.50. The van der Waals surface area contributed by atoms with Gasteiger partial charge in [0, 0.05) is 77.4 Å². The molecule has 0 aliphatic heterocycles. The van der Waals surface area contributed by atoms with Gasteiger partial charge in [0.05, 0.1) is 45.1 Å². The zero-order chi connectivity index (χ0) is 35.3. The first-order valence-corrected chi connectivity index (χ1v) is 20.7. The summed E-state index contributed by atoms with van der Waals surface area (Å²) in [4.78, 5) is 25.8. The number of hydrogen-bond acceptors (Lipinski definition) is 10. The first-order valence-electron chi connectivity index (χ1n) is 17.1. The van der Waals surface area contributed by atoms with E-state index in [1.165, 1.54) is 0 Å². The zero-order valence-corrected chi connectivity index (χ0v) is 31.9. The van der Waals surface area contributed by atoms with Crippen molar-refractivity contribution >= 4 is 90.7 Å². The molecule has 10 heteroatoms. The maximum absolute atomic E-state index is 6.24. The molecule has 0 saturated carbocycles. The number of ether oxygens (including phenoxy) is 2. The predicted octanol–water partition coefficient (Wildman–Crippen LogP) is 11.9. The third-order valence-electron chi connectivity index (χ3n) is 8.37. The molecule has 0 saturated heterocycles. The van der Waals surface area contributed by atoms with Gasteiger partial charge in [-0.05, 0) is 50.2 Å². The quantitative estimate of drug-likeness (QED) is 0.0839. The second-order valence-corrected chi connectivity index (χ2v) is 16.0. The van der Waals surface area contributed by atoms with Crippen LogP contribution in [-0.2, 0) is 0 Å². The van der Waals surface area contributed by atoms with Gasteiger partial charge in [0.1, 0.15) is 11.5 Å². The Morgan fingerprint density at radius 3 is 1.13 bits per heavy atom. The molecule has 258 valence electrons. The Morgan fingerprint density at radius 2 is 0.750 bits per heavy atom. The number of pyridine rings is 4. The highest BCUT2D eigenvalue weighted by Crippen LogP contribution is 2.47. The van der Waals surface area contributed by atoms with Crippen LogP contribution >= 0.6 is 47.0 Å². The van der Waals surface area contributed by atoms with Gasteiger partial charge in [-0.1, -0.05) is 84.2 Å². The van der Waals surface area contributed by atoms with Crippen molar-refractivity contribution in [2.45, 2.75) is 43.2 Å². The lowest BCUT2D eigenvalue weighted by molar-refractivity contribution is 0.336. The molecule has 8 aromatic rings. The summed E-state index contributed by atoms with van der Waals surface area (Å²) in [6.07, 6.45) is 7.89. The van der Waals surface area contributed by atoms with Crippen molar-refractivity contribution in [2.75, 3.05) is 24.7 Å². The Bertz CT molecular complexity index is 2370. The summed E-state index contributed by atoms with van der Waals surface area (Å²) in [7, 11) is 0. The number of thioether (sulfide) groups is 2. The van der Waals surface area contributed by atoms with Crippen molar-refractivity contribution in [3.63, 3.8) is 0 Å². The zero-order valence-electron chi connectivity index (χ0n) is 28.6. The lowest BCUT2D eigenvalue weighted by atomic mass is 10.2. The normalized spacial score (nSPS) is 11.5. The van der Waals surface area contributed by atoms with Crippen LogP contribution in [0.3, 0.4) is 0 Å². The predicted molar refractivity (Wildman–Crippen MR) is 219 cm³/mol. The highest BCUT2D eigenvalue weighted by atomic mass is 32.2. The highest BCUT2D eigenvalue weighted by Gasteiger charge is 2.19. The fraction of sp³-hybridized carbons (Fsp3) is 0.143. The lowest BCUT2D eigenvalue weighted by Crippen LogP contribution is -1.97. The van der Waals surface area contributed by atoms with Crippen molar-refractivity contribution in [2.24, 2.45) is 0 Å². The smallest absolute Gasteiger partial charge is 0.144 e. The van der Waals surface area contributed by atoms with Crippen molar-refractivity contribution in [1.82, 2.24) is 19.9 Å². The maximum atomic E-state index is 6.24. The fourth-order valence-electron chi connectivity index (χ4n) is 6.06. The molecule has 8 rings (SSSR count). The molecule has 0 aliphatic carbocycles. The first-order chi connectivity index (χ1) is 25.7. The van der Waals surface area contributed by atoms with Crippen molar-refractivity contribution < 1.29 is 9.47 Å². The average Bonchev–Trinajstić information content (AvgIpc) is 3.19. The monoisotopic (exact) mass is 754 g/mol. The highest BCUT2D eigenvalue weighted by molar-refractivity contribution is 8.05. The minimum absolute atomic E-state index is 0.575. The van der Waals surface area contributed by atoms with Gasteiger partial charge in [-0.25, -0.2) is 0 Å². The molecule has 0 bridgehead atoms. The number of hydrogen-bond donors (Lipinski definition) is 0. The minimum Gasteiger partial charge on any atom is -0.492 e. The van der Waals surface area contributed by atoms with Gasteiger partial charge in [-0.3, -0.25) is 19.9 Å². The standard InChI is InChI=1S/C42H34N4O2S4/c1-3-47-39-27-13-5-9-17-31(27)43-23-35(39)51-41-29-15-7-11-19-33(29)45-25-37(41)49-21-22-50-38-26-46-34-20-12-8-16-30(34)42(38)52-36-24-44-32-18-10-6-14-28(32)40(36)48-4-2/h5-20,23-26H,3-4,21-22H2,1-2H3. The number of nitrogens with zero attached hydrogens (tertiary/aromatic N) is 4. The molecule has 52 heavy (non-hydrogen) atoms. The molecular weight excluding hydrogens is 721 g/mol. The van der Waals surface area contributed by atoms with Gasteiger partial charge in [0.2, 0.25) is 0 Å². The molecule has 0 N–H and O–H groups in total. The van der Waals surface area contributed by atoms with Crippen molar-refractivity contribution in [3.05, 3.63) is 122 Å². The molecule has 4 aromatic heterocycles. The fourth-order valence-corrected chi connectivity index (χ4v) is 10.6. The van der Waals surface area contributed by atoms with E-state index in [0.717, 1.165) is 96.0 Å². The van der Waals surface area contributed by atoms with Crippen LogP contribution < -0.4 is 9.47 Å². The average molecular weight is 755 g/mol. The third-order valence-corrected chi connectivity index (χ3v) is 13.3. The molecule has 4 heterocycles. The van der Waals surface area contributed by atoms with Gasteiger partial charge in [0.25, 0.3) is 0 Å². The number of aromatic nitrogens is 4. The van der Waals surface area contributed by atoms with Crippen LogP contribution in [0, 0.1) is 0 Å². The van der Waals surface area contributed by atoms with Crippen LogP contribution in [0.25, 0.3) is 43.6 Å². The van der Waals surface area contributed by atoms with Crippen molar-refractivity contribution in [3.8, 4) is 11.5 Å². The minimum atomic E-state index is 0.575. The molecule has 0 atom stereocenters. The van der Waals surface area contributed by atoms with Crippen LogP contribution in [0.15, 0.2) is 151 Å². The molecule has 0 fully saturated rings. The van der Waals surface area contributed by atoms with E-state index in [9.17, 15) is 0 Å². The molecule has 0 radical (unpaired) electrons. The van der Waals surface area contributed by atoms with Gasteiger partial charge in [-0.15, -0.1) is 23.5 Å². The summed E-state index contributed by atoms with van der Waals surface area (Å²) >= 11 is 7.06. The van der Waals surface area contributed by atoms with E-state index >= 15 is 0 Å². The second kappa shape index (κ2) is 16.0. The largest absolute Gasteiger partial charge is 0.492 e. The van der Waals surface area contributed by atoms with E-state index in [0.29, 0.717) is 13.2 Å². The van der Waals surface area contributed by atoms with Crippen LogP contribution in [-0.4, -0.2) is 44.7 Å². The van der Waals surface area contributed by atoms with E-state index in [-0.39, 0.29) is 0 Å². The Kier molecular flexibility index (Phi) is 10.7. The van der Waals surface area contributed by atoms with Gasteiger partial charge in [0.15, 0.2) is 0 Å². The topological polar surface area (TPSA) is 70.0 Å². The second-order valence-electron chi connectivity index (χ2n) is 11.6. The molecule has 0 aliphatic rings. The summed E-state index contributed by atoms with van der Waals surface area (Å²) in [5, 5.41) is 4.27. The maximum Gasteiger partial charge on any atom is 0.144 e. The van der Waals surface area contributed by atoms with E-state index in [2.05, 4.69) is 48.5 Å². The first kappa shape index (κ1) is 34.6. The molecule has 0 unspecified atom stereocenters. The molecule has 4 aromatic carbocycles.